The van der Waals surface area contributed by atoms with Gasteiger partial charge in [0.2, 0.25) is 0 Å². The lowest BCUT2D eigenvalue weighted by Crippen LogP contribution is -2.32. The quantitative estimate of drug-likeness (QED) is 0.788. The zero-order valence-electron chi connectivity index (χ0n) is 14.2. The van der Waals surface area contributed by atoms with Crippen molar-refractivity contribution in [2.75, 3.05) is 13.1 Å². The van der Waals surface area contributed by atoms with Crippen molar-refractivity contribution in [1.29, 1.82) is 0 Å². The van der Waals surface area contributed by atoms with Gasteiger partial charge in [0, 0.05) is 17.0 Å². The molecular weight excluding hydrogens is 308 g/mol. The molecule has 0 saturated carbocycles. The van der Waals surface area contributed by atoms with Crippen LogP contribution in [0.3, 0.4) is 0 Å². The second-order valence-corrected chi connectivity index (χ2v) is 7.29. The molecule has 0 radical (unpaired) electrons. The van der Waals surface area contributed by atoms with E-state index in [0.29, 0.717) is 5.92 Å². The van der Waals surface area contributed by atoms with E-state index in [0.717, 1.165) is 40.8 Å². The lowest BCUT2D eigenvalue weighted by molar-refractivity contribution is 0.0843. The smallest absolute Gasteiger partial charge is 0.0955 e. The number of aliphatic hydroxyl groups excluding tert-OH is 1. The number of pyridine rings is 1. The maximum absolute atomic E-state index is 11.3. The number of aromatic nitrogens is 1. The molecule has 1 aromatic heterocycles. The number of para-hydroxylation sites is 1. The Hall–Kier alpha value is -2.23. The molecule has 0 amide bonds. The fraction of sp³-hybridized carbons (Fsp3) is 0.318. The highest BCUT2D eigenvalue weighted by atomic mass is 16.3. The molecule has 25 heavy (non-hydrogen) atoms. The van der Waals surface area contributed by atoms with Crippen molar-refractivity contribution in [2.24, 2.45) is 5.92 Å². The Kier molecular flexibility index (Phi) is 3.58. The van der Waals surface area contributed by atoms with Gasteiger partial charge in [0.05, 0.1) is 17.3 Å². The van der Waals surface area contributed by atoms with Crippen LogP contribution in [0, 0.1) is 5.92 Å². The highest BCUT2D eigenvalue weighted by molar-refractivity contribution is 5.85. The van der Waals surface area contributed by atoms with Crippen molar-refractivity contribution in [2.45, 2.75) is 25.0 Å². The third-order valence-corrected chi connectivity index (χ3v) is 5.94. The lowest BCUT2D eigenvalue weighted by atomic mass is 9.90. The molecule has 2 aliphatic heterocycles. The minimum Gasteiger partial charge on any atom is -0.387 e. The molecule has 0 aliphatic carbocycles. The Bertz CT molecular complexity index is 888. The maximum atomic E-state index is 11.3. The molecule has 2 aliphatic rings. The number of piperidine rings is 1. The second-order valence-electron chi connectivity index (χ2n) is 7.29. The normalized spacial score (nSPS) is 26.2. The molecule has 3 heteroatoms. The Balaban J connectivity index is 1.66. The van der Waals surface area contributed by atoms with Crippen molar-refractivity contribution < 1.29 is 5.11 Å². The van der Waals surface area contributed by atoms with Gasteiger partial charge in [0.1, 0.15) is 0 Å². The van der Waals surface area contributed by atoms with E-state index in [4.69, 9.17) is 4.98 Å². The van der Waals surface area contributed by atoms with Gasteiger partial charge in [0.25, 0.3) is 0 Å². The minimum absolute atomic E-state index is 0.259. The number of benzene rings is 2. The summed E-state index contributed by atoms with van der Waals surface area (Å²) in [6.45, 7) is 2.25. The fourth-order valence-corrected chi connectivity index (χ4v) is 4.70. The van der Waals surface area contributed by atoms with Gasteiger partial charge in [-0.1, -0.05) is 48.5 Å². The first-order chi connectivity index (χ1) is 12.3. The van der Waals surface area contributed by atoms with E-state index in [2.05, 4.69) is 29.2 Å². The van der Waals surface area contributed by atoms with Gasteiger partial charge in [-0.25, -0.2) is 4.98 Å². The summed E-state index contributed by atoms with van der Waals surface area (Å²) >= 11 is 0. The van der Waals surface area contributed by atoms with E-state index in [9.17, 15) is 5.11 Å². The van der Waals surface area contributed by atoms with Crippen LogP contribution >= 0.6 is 0 Å². The fourth-order valence-electron chi connectivity index (χ4n) is 4.70. The van der Waals surface area contributed by atoms with Gasteiger partial charge in [0.15, 0.2) is 0 Å². The van der Waals surface area contributed by atoms with Crippen LogP contribution in [0.15, 0.2) is 60.7 Å². The predicted octanol–water partition coefficient (Wildman–Crippen LogP) is 4.03. The molecule has 2 unspecified atom stereocenters. The summed E-state index contributed by atoms with van der Waals surface area (Å²) in [6.07, 6.45) is 1.98. The standard InChI is InChI=1S/C22H22N2O/c25-22(21-16-10-12-24(21)13-11-16)18-14-20(15-6-2-1-3-7-15)23-19-9-5-4-8-17(18)19/h1-9,14,16,21-22,25H,10-13H2. The summed E-state index contributed by atoms with van der Waals surface area (Å²) in [4.78, 5) is 7.31. The van der Waals surface area contributed by atoms with Crippen molar-refractivity contribution in [3.63, 3.8) is 0 Å². The van der Waals surface area contributed by atoms with Crippen molar-refractivity contribution in [3.8, 4) is 11.3 Å². The summed E-state index contributed by atoms with van der Waals surface area (Å²) in [6, 6.07) is 20.8. The van der Waals surface area contributed by atoms with Gasteiger partial charge in [-0.2, -0.15) is 0 Å². The van der Waals surface area contributed by atoms with Gasteiger partial charge >= 0.3 is 0 Å². The molecule has 5 rings (SSSR count). The van der Waals surface area contributed by atoms with Crippen LogP contribution in [0.1, 0.15) is 24.5 Å². The molecule has 1 N–H and O–H groups in total. The molecule has 3 heterocycles. The van der Waals surface area contributed by atoms with Crippen LogP contribution in [0.5, 0.6) is 0 Å². The number of aliphatic hydroxyl groups is 1. The Morgan fingerprint density at radius 1 is 0.960 bits per heavy atom. The number of rotatable bonds is 3. The van der Waals surface area contributed by atoms with Crippen LogP contribution in [0.4, 0.5) is 0 Å². The topological polar surface area (TPSA) is 36.4 Å². The van der Waals surface area contributed by atoms with Crippen LogP contribution in [-0.4, -0.2) is 34.1 Å². The largest absolute Gasteiger partial charge is 0.387 e. The molecular formula is C22H22N2O. The van der Waals surface area contributed by atoms with E-state index < -0.39 is 6.10 Å². The van der Waals surface area contributed by atoms with Gasteiger partial charge in [-0.3, -0.25) is 4.90 Å². The maximum Gasteiger partial charge on any atom is 0.0955 e. The van der Waals surface area contributed by atoms with E-state index in [1.165, 1.54) is 12.8 Å². The Morgan fingerprint density at radius 3 is 2.40 bits per heavy atom. The SMILES string of the molecule is OC(c1cc(-c2ccccc2)nc2ccccc12)C1C2CCN1CC2. The predicted molar refractivity (Wildman–Crippen MR) is 100 cm³/mol. The van der Waals surface area contributed by atoms with Crippen LogP contribution in [-0.2, 0) is 0 Å². The number of fused-ring (bicyclic) bond motifs is 3. The zero-order valence-corrected chi connectivity index (χ0v) is 14.2. The van der Waals surface area contributed by atoms with Crippen molar-refractivity contribution in [3.05, 3.63) is 66.2 Å². The highest BCUT2D eigenvalue weighted by Crippen LogP contribution is 2.42. The van der Waals surface area contributed by atoms with E-state index in [-0.39, 0.29) is 6.04 Å². The van der Waals surface area contributed by atoms with E-state index in [1.807, 2.05) is 36.4 Å². The first-order valence-corrected chi connectivity index (χ1v) is 9.18. The minimum atomic E-state index is -0.453. The van der Waals surface area contributed by atoms with Crippen molar-refractivity contribution >= 4 is 10.9 Å². The number of nitrogens with zero attached hydrogens (tertiary/aromatic N) is 2. The van der Waals surface area contributed by atoms with Crippen molar-refractivity contribution in [1.82, 2.24) is 9.88 Å². The number of hydrogen-bond donors (Lipinski definition) is 1. The summed E-state index contributed by atoms with van der Waals surface area (Å²) < 4.78 is 0. The molecule has 2 aromatic carbocycles. The van der Waals surface area contributed by atoms with Crippen LogP contribution in [0.25, 0.3) is 22.2 Å². The first-order valence-electron chi connectivity index (χ1n) is 9.18. The Morgan fingerprint density at radius 2 is 1.68 bits per heavy atom. The summed E-state index contributed by atoms with van der Waals surface area (Å²) in [5.41, 5.74) is 4.01. The molecule has 126 valence electrons. The van der Waals surface area contributed by atoms with E-state index in [1.54, 1.807) is 0 Å². The summed E-state index contributed by atoms with van der Waals surface area (Å²) in [7, 11) is 0. The molecule has 3 aromatic rings. The molecule has 2 saturated heterocycles. The van der Waals surface area contributed by atoms with Gasteiger partial charge < -0.3 is 5.11 Å². The Labute approximate surface area is 147 Å². The average Bonchev–Trinajstić information content (AvgIpc) is 3.28. The molecule has 2 fully saturated rings. The third-order valence-electron chi connectivity index (χ3n) is 5.94. The summed E-state index contributed by atoms with van der Waals surface area (Å²) in [5, 5.41) is 12.4. The molecule has 2 atom stereocenters. The monoisotopic (exact) mass is 330 g/mol. The van der Waals surface area contributed by atoms with Crippen LogP contribution < -0.4 is 0 Å². The highest BCUT2D eigenvalue weighted by Gasteiger charge is 2.44. The van der Waals surface area contributed by atoms with E-state index >= 15 is 0 Å². The average molecular weight is 330 g/mol. The first kappa shape index (κ1) is 15.1. The summed E-state index contributed by atoms with van der Waals surface area (Å²) in [5.74, 6) is 0.627. The third kappa shape index (κ3) is 2.46. The number of hydrogen-bond acceptors (Lipinski definition) is 3. The van der Waals surface area contributed by atoms with Crippen LogP contribution in [0.2, 0.25) is 0 Å². The molecule has 0 spiro atoms. The lowest BCUT2D eigenvalue weighted by Gasteiger charge is -2.26. The van der Waals surface area contributed by atoms with Gasteiger partial charge in [-0.15, -0.1) is 0 Å². The second kappa shape index (κ2) is 5.94. The zero-order chi connectivity index (χ0) is 16.8. The van der Waals surface area contributed by atoms with Gasteiger partial charge in [-0.05, 0) is 49.5 Å². The molecule has 2 bridgehead atoms. The molecule has 3 nitrogen and oxygen atoms in total.